The van der Waals surface area contributed by atoms with E-state index in [1.165, 1.54) is 0 Å². The van der Waals surface area contributed by atoms with Crippen molar-refractivity contribution in [2.24, 2.45) is 0 Å². The van der Waals surface area contributed by atoms with E-state index in [4.69, 9.17) is 16.3 Å². The number of pyridine rings is 1. The van der Waals surface area contributed by atoms with E-state index < -0.39 is 0 Å². The molecule has 0 amide bonds. The van der Waals surface area contributed by atoms with E-state index in [0.717, 1.165) is 40.7 Å². The van der Waals surface area contributed by atoms with Gasteiger partial charge in [0.25, 0.3) is 0 Å². The lowest BCUT2D eigenvalue weighted by atomic mass is 10.1. The Morgan fingerprint density at radius 3 is 2.59 bits per heavy atom. The number of aromatic nitrogens is 2. The van der Waals surface area contributed by atoms with Gasteiger partial charge in [0, 0.05) is 35.4 Å². The molecule has 2 aromatic heterocycles. The first-order valence-electron chi connectivity index (χ1n) is 10.8. The molecule has 1 saturated carbocycles. The SMILES string of the molecule is CC(C)Nc1ccc(-c2c(C#N)c3ccc(Oc4ncccc4Cl)cc3n2C2CC2)cc1. The quantitative estimate of drug-likeness (QED) is 0.343. The maximum Gasteiger partial charge on any atom is 0.238 e. The van der Waals surface area contributed by atoms with E-state index in [9.17, 15) is 5.26 Å². The molecule has 32 heavy (non-hydrogen) atoms. The average molecular weight is 443 g/mol. The predicted molar refractivity (Wildman–Crippen MR) is 128 cm³/mol. The summed E-state index contributed by atoms with van der Waals surface area (Å²) < 4.78 is 8.26. The highest BCUT2D eigenvalue weighted by Gasteiger charge is 2.30. The summed E-state index contributed by atoms with van der Waals surface area (Å²) in [4.78, 5) is 4.22. The van der Waals surface area contributed by atoms with Gasteiger partial charge in [-0.25, -0.2) is 4.98 Å². The van der Waals surface area contributed by atoms with Crippen LogP contribution < -0.4 is 10.1 Å². The third kappa shape index (κ3) is 3.79. The largest absolute Gasteiger partial charge is 0.437 e. The fraction of sp³-hybridized carbons (Fsp3) is 0.231. The van der Waals surface area contributed by atoms with Crippen LogP contribution in [-0.4, -0.2) is 15.6 Å². The van der Waals surface area contributed by atoms with E-state index in [-0.39, 0.29) is 0 Å². The number of fused-ring (bicyclic) bond motifs is 1. The third-order valence-electron chi connectivity index (χ3n) is 5.55. The highest BCUT2D eigenvalue weighted by Crippen LogP contribution is 2.45. The standard InChI is InChI=1S/C26H23ClN4O/c1-16(2)30-18-7-5-17(6-8-18)25-22(15-28)21-12-11-20(14-24(21)31(25)19-9-10-19)32-26-23(27)4-3-13-29-26/h3-8,11-14,16,19,30H,9-10H2,1-2H3. The van der Waals surface area contributed by atoms with Crippen molar-refractivity contribution in [3.8, 4) is 29.0 Å². The van der Waals surface area contributed by atoms with Crippen molar-refractivity contribution in [3.63, 3.8) is 0 Å². The van der Waals surface area contributed by atoms with Crippen molar-refractivity contribution in [1.29, 1.82) is 5.26 Å². The number of nitriles is 1. The van der Waals surface area contributed by atoms with Crippen molar-refractivity contribution in [2.45, 2.75) is 38.8 Å². The number of halogens is 1. The van der Waals surface area contributed by atoms with Gasteiger partial charge < -0.3 is 14.6 Å². The minimum absolute atomic E-state index is 0.361. The zero-order valence-electron chi connectivity index (χ0n) is 18.0. The van der Waals surface area contributed by atoms with Gasteiger partial charge in [0.05, 0.1) is 16.8 Å². The summed E-state index contributed by atoms with van der Waals surface area (Å²) in [5.41, 5.74) is 4.76. The van der Waals surface area contributed by atoms with Crippen LogP contribution in [0.2, 0.25) is 5.02 Å². The third-order valence-corrected chi connectivity index (χ3v) is 5.84. The van der Waals surface area contributed by atoms with Crippen LogP contribution in [0.25, 0.3) is 22.2 Å². The molecule has 0 unspecified atom stereocenters. The van der Waals surface area contributed by atoms with Crippen molar-refractivity contribution >= 4 is 28.2 Å². The average Bonchev–Trinajstić information content (AvgIpc) is 3.57. The van der Waals surface area contributed by atoms with E-state index in [1.54, 1.807) is 18.3 Å². The Bertz CT molecular complexity index is 1330. The lowest BCUT2D eigenvalue weighted by molar-refractivity contribution is 0.463. The Labute approximate surface area is 192 Å². The molecule has 0 atom stereocenters. The number of rotatable bonds is 6. The zero-order valence-corrected chi connectivity index (χ0v) is 18.7. The summed E-state index contributed by atoms with van der Waals surface area (Å²) in [6.45, 7) is 4.23. The maximum atomic E-state index is 10.1. The van der Waals surface area contributed by atoms with Crippen LogP contribution in [0.4, 0.5) is 5.69 Å². The topological polar surface area (TPSA) is 62.9 Å². The molecular formula is C26H23ClN4O. The van der Waals surface area contributed by atoms with Gasteiger partial charge in [0.1, 0.15) is 16.8 Å². The second kappa shape index (κ2) is 8.22. The highest BCUT2D eigenvalue weighted by atomic mass is 35.5. The molecule has 1 aliphatic carbocycles. The number of ether oxygens (including phenoxy) is 1. The fourth-order valence-corrected chi connectivity index (χ4v) is 4.24. The monoisotopic (exact) mass is 442 g/mol. The van der Waals surface area contributed by atoms with E-state index in [2.05, 4.69) is 59.1 Å². The van der Waals surface area contributed by atoms with Crippen molar-refractivity contribution < 1.29 is 4.74 Å². The number of hydrogen-bond donors (Lipinski definition) is 1. The van der Waals surface area contributed by atoms with Crippen molar-refractivity contribution in [3.05, 3.63) is 71.4 Å². The van der Waals surface area contributed by atoms with Crippen LogP contribution in [0, 0.1) is 11.3 Å². The minimum Gasteiger partial charge on any atom is -0.437 e. The molecule has 5 nitrogen and oxygen atoms in total. The van der Waals surface area contributed by atoms with Gasteiger partial charge in [-0.1, -0.05) is 23.7 Å². The molecule has 0 bridgehead atoms. The molecule has 0 saturated heterocycles. The van der Waals surface area contributed by atoms with Crippen LogP contribution >= 0.6 is 11.6 Å². The van der Waals surface area contributed by atoms with Gasteiger partial charge in [0.15, 0.2) is 0 Å². The fourth-order valence-electron chi connectivity index (χ4n) is 4.08. The minimum atomic E-state index is 0.361. The van der Waals surface area contributed by atoms with Gasteiger partial charge in [-0.2, -0.15) is 5.26 Å². The normalized spacial score (nSPS) is 13.3. The van der Waals surface area contributed by atoms with Crippen molar-refractivity contribution in [2.75, 3.05) is 5.32 Å². The van der Waals surface area contributed by atoms with Gasteiger partial charge in [0.2, 0.25) is 5.88 Å². The van der Waals surface area contributed by atoms with E-state index in [0.29, 0.717) is 34.3 Å². The first kappa shape index (κ1) is 20.4. The van der Waals surface area contributed by atoms with E-state index >= 15 is 0 Å². The van der Waals surface area contributed by atoms with Crippen LogP contribution in [-0.2, 0) is 0 Å². The van der Waals surface area contributed by atoms with Crippen molar-refractivity contribution in [1.82, 2.24) is 9.55 Å². The van der Waals surface area contributed by atoms with Crippen LogP contribution in [0.5, 0.6) is 11.6 Å². The second-order valence-corrected chi connectivity index (χ2v) is 8.79. The molecule has 160 valence electrons. The number of benzene rings is 2. The molecule has 2 aromatic carbocycles. The van der Waals surface area contributed by atoms with Gasteiger partial charge in [-0.3, -0.25) is 0 Å². The predicted octanol–water partition coefficient (Wildman–Crippen LogP) is 7.18. The number of nitrogens with one attached hydrogen (secondary N) is 1. The Morgan fingerprint density at radius 1 is 1.16 bits per heavy atom. The molecule has 2 heterocycles. The van der Waals surface area contributed by atoms with Crippen LogP contribution in [0.15, 0.2) is 60.8 Å². The smallest absolute Gasteiger partial charge is 0.238 e. The molecule has 0 spiro atoms. The molecule has 0 aliphatic heterocycles. The van der Waals surface area contributed by atoms with E-state index in [1.807, 2.05) is 18.2 Å². The number of hydrogen-bond acceptors (Lipinski definition) is 4. The summed E-state index contributed by atoms with van der Waals surface area (Å²) in [6, 6.07) is 20.8. The van der Waals surface area contributed by atoms with Crippen LogP contribution in [0.3, 0.4) is 0 Å². The molecule has 5 rings (SSSR count). The maximum absolute atomic E-state index is 10.1. The number of nitrogens with zero attached hydrogens (tertiary/aromatic N) is 3. The van der Waals surface area contributed by atoms with Gasteiger partial charge in [-0.15, -0.1) is 0 Å². The first-order chi connectivity index (χ1) is 15.5. The lowest BCUT2D eigenvalue weighted by Crippen LogP contribution is -2.09. The zero-order chi connectivity index (χ0) is 22.2. The van der Waals surface area contributed by atoms with Gasteiger partial charge in [-0.05, 0) is 68.7 Å². The second-order valence-electron chi connectivity index (χ2n) is 8.38. The summed E-state index contributed by atoms with van der Waals surface area (Å²) in [6.07, 6.45) is 3.86. The summed E-state index contributed by atoms with van der Waals surface area (Å²) in [7, 11) is 0. The molecule has 1 aliphatic rings. The molecule has 6 heteroatoms. The first-order valence-corrected chi connectivity index (χ1v) is 11.2. The highest BCUT2D eigenvalue weighted by molar-refractivity contribution is 6.31. The Kier molecular flexibility index (Phi) is 5.24. The molecular weight excluding hydrogens is 420 g/mol. The Hall–Kier alpha value is -3.49. The lowest BCUT2D eigenvalue weighted by Gasteiger charge is -2.13. The molecule has 1 N–H and O–H groups in total. The van der Waals surface area contributed by atoms with Crippen LogP contribution in [0.1, 0.15) is 38.3 Å². The molecule has 4 aromatic rings. The molecule has 0 radical (unpaired) electrons. The number of anilines is 1. The molecule has 1 fully saturated rings. The Balaban J connectivity index is 1.62. The van der Waals surface area contributed by atoms with Gasteiger partial charge >= 0.3 is 0 Å². The summed E-state index contributed by atoms with van der Waals surface area (Å²) in [5.74, 6) is 1.01. The summed E-state index contributed by atoms with van der Waals surface area (Å²) in [5, 5.41) is 14.9. The summed E-state index contributed by atoms with van der Waals surface area (Å²) >= 11 is 6.22. The Morgan fingerprint density at radius 2 is 1.94 bits per heavy atom.